The highest BCUT2D eigenvalue weighted by Gasteiger charge is 2.16. The highest BCUT2D eigenvalue weighted by Crippen LogP contribution is 2.30. The maximum atomic E-state index is 12.7. The zero-order valence-electron chi connectivity index (χ0n) is 9.13. The number of hydrogen-bond acceptors (Lipinski definition) is 1. The lowest BCUT2D eigenvalue weighted by Gasteiger charge is -2.16. The van der Waals surface area contributed by atoms with Crippen LogP contribution in [-0.4, -0.2) is 6.54 Å². The van der Waals surface area contributed by atoms with E-state index in [-0.39, 0.29) is 11.5 Å². The van der Waals surface area contributed by atoms with Gasteiger partial charge in [0.2, 0.25) is 0 Å². The van der Waals surface area contributed by atoms with Crippen molar-refractivity contribution in [3.8, 4) is 0 Å². The van der Waals surface area contributed by atoms with E-state index in [1.807, 2.05) is 19.9 Å². The van der Waals surface area contributed by atoms with Gasteiger partial charge < -0.3 is 5.73 Å². The molecule has 1 rings (SSSR count). The molecule has 0 fully saturated rings. The minimum Gasteiger partial charge on any atom is -0.330 e. The Hall–Kier alpha value is -0.960. The second-order valence-electron chi connectivity index (χ2n) is 3.91. The molecule has 84 valence electrons. The molecule has 0 saturated carbocycles. The lowest BCUT2D eigenvalue weighted by Crippen LogP contribution is -2.07. The zero-order chi connectivity index (χ0) is 11.4. The van der Waals surface area contributed by atoms with Crippen molar-refractivity contribution in [2.24, 2.45) is 5.73 Å². The predicted octanol–water partition coefficient (Wildman–Crippen LogP) is 3.38. The fraction of sp³-hybridized carbons (Fsp3) is 0.500. The van der Waals surface area contributed by atoms with Gasteiger partial charge in [0, 0.05) is 5.56 Å². The summed E-state index contributed by atoms with van der Waals surface area (Å²) in [6.07, 6.45) is -1.66. The van der Waals surface area contributed by atoms with Crippen LogP contribution in [-0.2, 0) is 0 Å². The first-order valence-corrected chi connectivity index (χ1v) is 5.15. The smallest absolute Gasteiger partial charge is 0.264 e. The SMILES string of the molecule is Cc1ccc(C(F)F)c(C(C)CCN)c1. The molecule has 0 aromatic heterocycles. The molecule has 0 saturated heterocycles. The Kier molecular flexibility index (Phi) is 4.21. The van der Waals surface area contributed by atoms with Crippen molar-refractivity contribution in [3.63, 3.8) is 0 Å². The molecule has 0 aliphatic heterocycles. The summed E-state index contributed by atoms with van der Waals surface area (Å²) in [5.41, 5.74) is 7.33. The molecular formula is C12H17F2N. The summed E-state index contributed by atoms with van der Waals surface area (Å²) in [4.78, 5) is 0. The molecule has 15 heavy (non-hydrogen) atoms. The van der Waals surface area contributed by atoms with Crippen molar-refractivity contribution in [3.05, 3.63) is 34.9 Å². The molecule has 1 aromatic rings. The largest absolute Gasteiger partial charge is 0.330 e. The van der Waals surface area contributed by atoms with Gasteiger partial charge in [0.1, 0.15) is 0 Å². The van der Waals surface area contributed by atoms with E-state index in [4.69, 9.17) is 5.73 Å². The molecule has 1 atom stereocenters. The van der Waals surface area contributed by atoms with Crippen molar-refractivity contribution < 1.29 is 8.78 Å². The molecule has 0 aliphatic carbocycles. The lowest BCUT2D eigenvalue weighted by atomic mass is 9.92. The van der Waals surface area contributed by atoms with E-state index in [0.29, 0.717) is 6.54 Å². The molecule has 1 aromatic carbocycles. The van der Waals surface area contributed by atoms with E-state index in [1.54, 1.807) is 6.07 Å². The lowest BCUT2D eigenvalue weighted by molar-refractivity contribution is 0.149. The normalized spacial score (nSPS) is 13.2. The first-order chi connectivity index (χ1) is 7.06. The number of alkyl halides is 2. The van der Waals surface area contributed by atoms with E-state index in [1.165, 1.54) is 6.07 Å². The van der Waals surface area contributed by atoms with Crippen LogP contribution >= 0.6 is 0 Å². The summed E-state index contributed by atoms with van der Waals surface area (Å²) < 4.78 is 25.5. The minimum absolute atomic E-state index is 0.0962. The van der Waals surface area contributed by atoms with Crippen LogP contribution in [0.1, 0.15) is 42.4 Å². The third kappa shape index (κ3) is 2.99. The summed E-state index contributed by atoms with van der Waals surface area (Å²) in [5.74, 6) is 0.0962. The Bertz CT molecular complexity index is 323. The van der Waals surface area contributed by atoms with Crippen molar-refractivity contribution in [1.82, 2.24) is 0 Å². The third-order valence-corrected chi connectivity index (χ3v) is 2.61. The molecular weight excluding hydrogens is 196 g/mol. The number of rotatable bonds is 4. The van der Waals surface area contributed by atoms with E-state index < -0.39 is 6.43 Å². The van der Waals surface area contributed by atoms with Gasteiger partial charge in [-0.3, -0.25) is 0 Å². The molecule has 0 aliphatic rings. The summed E-state index contributed by atoms with van der Waals surface area (Å²) >= 11 is 0. The average Bonchev–Trinajstić information content (AvgIpc) is 2.17. The van der Waals surface area contributed by atoms with Crippen LogP contribution in [0.25, 0.3) is 0 Å². The standard InChI is InChI=1S/C12H17F2N/c1-8-3-4-10(12(13)14)11(7-8)9(2)5-6-15/h3-4,7,9,12H,5-6,15H2,1-2H3. The number of benzene rings is 1. The number of halogens is 2. The van der Waals surface area contributed by atoms with Gasteiger partial charge in [-0.25, -0.2) is 8.78 Å². The monoisotopic (exact) mass is 213 g/mol. The zero-order valence-corrected chi connectivity index (χ0v) is 9.13. The fourth-order valence-corrected chi connectivity index (χ4v) is 1.73. The van der Waals surface area contributed by atoms with E-state index >= 15 is 0 Å². The second kappa shape index (κ2) is 5.21. The Morgan fingerprint density at radius 3 is 2.47 bits per heavy atom. The summed E-state index contributed by atoms with van der Waals surface area (Å²) in [5, 5.41) is 0. The van der Waals surface area contributed by atoms with Gasteiger partial charge in [-0.15, -0.1) is 0 Å². The summed E-state index contributed by atoms with van der Waals surface area (Å²) in [6.45, 7) is 4.37. The van der Waals surface area contributed by atoms with Crippen LogP contribution in [0.3, 0.4) is 0 Å². The van der Waals surface area contributed by atoms with Crippen LogP contribution in [0.5, 0.6) is 0 Å². The van der Waals surface area contributed by atoms with Crippen molar-refractivity contribution in [2.45, 2.75) is 32.6 Å². The number of hydrogen-bond donors (Lipinski definition) is 1. The van der Waals surface area contributed by atoms with Gasteiger partial charge in [-0.1, -0.05) is 30.7 Å². The maximum Gasteiger partial charge on any atom is 0.264 e. The predicted molar refractivity (Wildman–Crippen MR) is 58.2 cm³/mol. The van der Waals surface area contributed by atoms with Gasteiger partial charge in [0.25, 0.3) is 6.43 Å². The first-order valence-electron chi connectivity index (χ1n) is 5.15. The van der Waals surface area contributed by atoms with Crippen molar-refractivity contribution in [1.29, 1.82) is 0 Å². The topological polar surface area (TPSA) is 26.0 Å². The molecule has 1 unspecified atom stereocenters. The van der Waals surface area contributed by atoms with Gasteiger partial charge in [0.05, 0.1) is 0 Å². The first kappa shape index (κ1) is 12.1. The van der Waals surface area contributed by atoms with Crippen molar-refractivity contribution >= 4 is 0 Å². The molecule has 3 heteroatoms. The van der Waals surface area contributed by atoms with Crippen LogP contribution in [0.2, 0.25) is 0 Å². The number of nitrogens with two attached hydrogens (primary N) is 1. The van der Waals surface area contributed by atoms with Gasteiger partial charge in [-0.2, -0.15) is 0 Å². The van der Waals surface area contributed by atoms with Crippen LogP contribution in [0.15, 0.2) is 18.2 Å². The van der Waals surface area contributed by atoms with E-state index in [2.05, 4.69) is 0 Å². The molecule has 2 N–H and O–H groups in total. The van der Waals surface area contributed by atoms with Crippen molar-refractivity contribution in [2.75, 3.05) is 6.54 Å². The van der Waals surface area contributed by atoms with Crippen LogP contribution in [0.4, 0.5) is 8.78 Å². The third-order valence-electron chi connectivity index (χ3n) is 2.61. The van der Waals surface area contributed by atoms with E-state index in [9.17, 15) is 8.78 Å². The number of aryl methyl sites for hydroxylation is 1. The van der Waals surface area contributed by atoms with Crippen LogP contribution in [0, 0.1) is 6.92 Å². The molecule has 0 bridgehead atoms. The maximum absolute atomic E-state index is 12.7. The molecule has 0 amide bonds. The Balaban J connectivity index is 3.06. The Morgan fingerprint density at radius 2 is 1.93 bits per heavy atom. The van der Waals surface area contributed by atoms with Gasteiger partial charge in [0.15, 0.2) is 0 Å². The second-order valence-corrected chi connectivity index (χ2v) is 3.91. The van der Waals surface area contributed by atoms with Gasteiger partial charge in [-0.05, 0) is 31.4 Å². The summed E-state index contributed by atoms with van der Waals surface area (Å²) in [6, 6.07) is 5.07. The molecule has 0 heterocycles. The fourth-order valence-electron chi connectivity index (χ4n) is 1.73. The minimum atomic E-state index is -2.40. The molecule has 1 nitrogen and oxygen atoms in total. The Morgan fingerprint density at radius 1 is 1.27 bits per heavy atom. The van der Waals surface area contributed by atoms with Crippen LogP contribution < -0.4 is 5.73 Å². The molecule has 0 radical (unpaired) electrons. The molecule has 0 spiro atoms. The highest BCUT2D eigenvalue weighted by molar-refractivity contribution is 5.34. The quantitative estimate of drug-likeness (QED) is 0.815. The average molecular weight is 213 g/mol. The summed E-state index contributed by atoms with van der Waals surface area (Å²) in [7, 11) is 0. The highest BCUT2D eigenvalue weighted by atomic mass is 19.3. The van der Waals surface area contributed by atoms with Gasteiger partial charge >= 0.3 is 0 Å². The Labute approximate surface area is 89.3 Å². The van der Waals surface area contributed by atoms with E-state index in [0.717, 1.165) is 17.5 Å².